The van der Waals surface area contributed by atoms with Gasteiger partial charge in [0.2, 0.25) is 0 Å². The number of carbonyl (C=O) groups excluding carboxylic acids is 2. The SMILES string of the molecule is C/C(O)=C1/C(=O)C(CC(C)C)N(Cc2ccc(F)cc2)C1=O. The highest BCUT2D eigenvalue weighted by atomic mass is 19.1. The van der Waals surface area contributed by atoms with E-state index in [0.717, 1.165) is 5.56 Å². The number of hydrogen-bond acceptors (Lipinski definition) is 3. The van der Waals surface area contributed by atoms with Crippen LogP contribution < -0.4 is 0 Å². The Morgan fingerprint density at radius 3 is 2.36 bits per heavy atom. The van der Waals surface area contributed by atoms with Gasteiger partial charge in [-0.1, -0.05) is 26.0 Å². The maximum Gasteiger partial charge on any atom is 0.261 e. The van der Waals surface area contributed by atoms with Gasteiger partial charge in [-0.05, 0) is 37.0 Å². The Hall–Kier alpha value is -2.17. The normalized spacial score (nSPS) is 21.0. The van der Waals surface area contributed by atoms with Crippen LogP contribution in [0.3, 0.4) is 0 Å². The minimum absolute atomic E-state index is 0.132. The van der Waals surface area contributed by atoms with Crippen LogP contribution in [0.2, 0.25) is 0 Å². The smallest absolute Gasteiger partial charge is 0.261 e. The molecule has 1 atom stereocenters. The molecule has 1 unspecified atom stereocenters. The summed E-state index contributed by atoms with van der Waals surface area (Å²) in [5.74, 6) is -1.15. The lowest BCUT2D eigenvalue weighted by atomic mass is 9.99. The Morgan fingerprint density at radius 2 is 1.86 bits per heavy atom. The fourth-order valence-corrected chi connectivity index (χ4v) is 2.68. The second-order valence-corrected chi connectivity index (χ2v) is 6.03. The molecule has 4 nitrogen and oxygen atoms in total. The molecular formula is C17H20FNO3. The van der Waals surface area contributed by atoms with Gasteiger partial charge in [-0.2, -0.15) is 0 Å². The second-order valence-electron chi connectivity index (χ2n) is 6.03. The van der Waals surface area contributed by atoms with E-state index in [0.29, 0.717) is 6.42 Å². The quantitative estimate of drug-likeness (QED) is 0.528. The average Bonchev–Trinajstić information content (AvgIpc) is 2.65. The summed E-state index contributed by atoms with van der Waals surface area (Å²) in [6.07, 6.45) is 0.530. The standard InChI is InChI=1S/C17H20FNO3/c1-10(2)8-14-16(21)15(11(3)20)17(22)19(14)9-12-4-6-13(18)7-5-12/h4-7,10,14,20H,8-9H2,1-3H3/b15-11+. The molecule has 0 spiro atoms. The van der Waals surface area contributed by atoms with Crippen molar-refractivity contribution < 1.29 is 19.1 Å². The lowest BCUT2D eigenvalue weighted by Crippen LogP contribution is -2.36. The van der Waals surface area contributed by atoms with Crippen LogP contribution >= 0.6 is 0 Å². The van der Waals surface area contributed by atoms with Gasteiger partial charge >= 0.3 is 0 Å². The number of Topliss-reactive ketones (excluding diaryl/α,β-unsaturated/α-hetero) is 1. The van der Waals surface area contributed by atoms with Crippen LogP contribution in [-0.2, 0) is 16.1 Å². The molecule has 0 aliphatic carbocycles. The Morgan fingerprint density at radius 1 is 1.27 bits per heavy atom. The van der Waals surface area contributed by atoms with Gasteiger partial charge in [0.05, 0.1) is 6.04 Å². The summed E-state index contributed by atoms with van der Waals surface area (Å²) >= 11 is 0. The molecule has 1 aromatic rings. The Labute approximate surface area is 129 Å². The van der Waals surface area contributed by atoms with Crippen LogP contribution in [0, 0.1) is 11.7 Å². The van der Waals surface area contributed by atoms with Crippen LogP contribution in [-0.4, -0.2) is 27.7 Å². The average molecular weight is 305 g/mol. The molecule has 1 amide bonds. The van der Waals surface area contributed by atoms with Crippen molar-refractivity contribution >= 4 is 11.7 Å². The minimum Gasteiger partial charge on any atom is -0.512 e. The first-order chi connectivity index (χ1) is 10.3. The lowest BCUT2D eigenvalue weighted by Gasteiger charge is -2.24. The number of amides is 1. The molecule has 2 rings (SSSR count). The van der Waals surface area contributed by atoms with Crippen molar-refractivity contribution in [3.8, 4) is 0 Å². The molecular weight excluding hydrogens is 285 g/mol. The van der Waals surface area contributed by atoms with Gasteiger partial charge in [-0.25, -0.2) is 4.39 Å². The van der Waals surface area contributed by atoms with E-state index in [4.69, 9.17) is 0 Å². The van der Waals surface area contributed by atoms with E-state index in [2.05, 4.69) is 0 Å². The first kappa shape index (κ1) is 16.2. The first-order valence-electron chi connectivity index (χ1n) is 7.30. The van der Waals surface area contributed by atoms with E-state index in [1.54, 1.807) is 12.1 Å². The second kappa shape index (κ2) is 6.30. The van der Waals surface area contributed by atoms with Crippen LogP contribution in [0.25, 0.3) is 0 Å². The highest BCUT2D eigenvalue weighted by molar-refractivity contribution is 6.26. The highest BCUT2D eigenvalue weighted by Crippen LogP contribution is 2.28. The number of carbonyl (C=O) groups is 2. The summed E-state index contributed by atoms with van der Waals surface area (Å²) in [4.78, 5) is 26.3. The largest absolute Gasteiger partial charge is 0.512 e. The van der Waals surface area contributed by atoms with E-state index in [-0.39, 0.29) is 35.4 Å². The topological polar surface area (TPSA) is 57.6 Å². The van der Waals surface area contributed by atoms with Crippen LogP contribution in [0.4, 0.5) is 4.39 Å². The summed E-state index contributed by atoms with van der Waals surface area (Å²) in [5, 5.41) is 9.63. The minimum atomic E-state index is -0.574. The number of benzene rings is 1. The zero-order valence-corrected chi connectivity index (χ0v) is 13.0. The lowest BCUT2D eigenvalue weighted by molar-refractivity contribution is -0.128. The molecule has 5 heteroatoms. The predicted molar refractivity (Wildman–Crippen MR) is 80.5 cm³/mol. The number of rotatable bonds is 4. The van der Waals surface area contributed by atoms with Crippen LogP contribution in [0.1, 0.15) is 32.8 Å². The van der Waals surface area contributed by atoms with E-state index < -0.39 is 11.9 Å². The molecule has 0 aromatic heterocycles. The molecule has 1 N–H and O–H groups in total. The van der Waals surface area contributed by atoms with Gasteiger partial charge in [0.25, 0.3) is 5.91 Å². The number of ketones is 1. The van der Waals surface area contributed by atoms with Crippen molar-refractivity contribution in [2.24, 2.45) is 5.92 Å². The third kappa shape index (κ3) is 3.18. The number of hydrogen-bond donors (Lipinski definition) is 1. The van der Waals surface area contributed by atoms with Crippen molar-refractivity contribution in [1.82, 2.24) is 4.90 Å². The highest BCUT2D eigenvalue weighted by Gasteiger charge is 2.44. The van der Waals surface area contributed by atoms with Gasteiger partial charge in [-0.3, -0.25) is 9.59 Å². The Kier molecular flexibility index (Phi) is 4.64. The molecule has 1 fully saturated rings. The zero-order chi connectivity index (χ0) is 16.4. The third-order valence-corrected chi connectivity index (χ3v) is 3.72. The van der Waals surface area contributed by atoms with Crippen LogP contribution in [0.15, 0.2) is 35.6 Å². The molecule has 118 valence electrons. The van der Waals surface area contributed by atoms with Crippen molar-refractivity contribution in [3.63, 3.8) is 0 Å². The number of aliphatic hydroxyl groups excluding tert-OH is 1. The summed E-state index contributed by atoms with van der Waals surface area (Å²) < 4.78 is 13.0. The van der Waals surface area contributed by atoms with E-state index in [1.807, 2.05) is 13.8 Å². The van der Waals surface area contributed by atoms with Crippen LogP contribution in [0.5, 0.6) is 0 Å². The van der Waals surface area contributed by atoms with Crippen molar-refractivity contribution in [2.45, 2.75) is 39.8 Å². The van der Waals surface area contributed by atoms with E-state index in [1.165, 1.54) is 24.0 Å². The molecule has 1 saturated heterocycles. The van der Waals surface area contributed by atoms with Crippen molar-refractivity contribution in [1.29, 1.82) is 0 Å². The van der Waals surface area contributed by atoms with Gasteiger partial charge < -0.3 is 10.0 Å². The number of allylic oxidation sites excluding steroid dienone is 1. The fraction of sp³-hybridized carbons (Fsp3) is 0.412. The van der Waals surface area contributed by atoms with E-state index >= 15 is 0 Å². The van der Waals surface area contributed by atoms with Crippen molar-refractivity contribution in [3.05, 3.63) is 47.0 Å². The molecule has 1 aliphatic rings. The number of halogens is 1. The fourth-order valence-electron chi connectivity index (χ4n) is 2.68. The van der Waals surface area contributed by atoms with Gasteiger partial charge in [0.1, 0.15) is 17.1 Å². The molecule has 0 radical (unpaired) electrons. The number of aliphatic hydroxyl groups is 1. The Bertz CT molecular complexity index is 615. The third-order valence-electron chi connectivity index (χ3n) is 3.72. The molecule has 1 heterocycles. The summed E-state index contributed by atoms with van der Waals surface area (Å²) in [5.41, 5.74) is 0.612. The van der Waals surface area contributed by atoms with E-state index in [9.17, 15) is 19.1 Å². The molecule has 22 heavy (non-hydrogen) atoms. The predicted octanol–water partition coefficient (Wildman–Crippen LogP) is 2.98. The molecule has 1 aromatic carbocycles. The van der Waals surface area contributed by atoms with Gasteiger partial charge in [-0.15, -0.1) is 0 Å². The summed E-state index contributed by atoms with van der Waals surface area (Å²) in [6, 6.07) is 5.25. The Balaban J connectivity index is 2.32. The first-order valence-corrected chi connectivity index (χ1v) is 7.30. The number of likely N-dealkylation sites (tertiary alicyclic amines) is 1. The maximum absolute atomic E-state index is 13.0. The maximum atomic E-state index is 13.0. The summed E-state index contributed by atoms with van der Waals surface area (Å²) in [7, 11) is 0. The zero-order valence-electron chi connectivity index (χ0n) is 13.0. The summed E-state index contributed by atoms with van der Waals surface area (Å²) in [6.45, 7) is 5.51. The van der Waals surface area contributed by atoms with Gasteiger partial charge in [0, 0.05) is 6.54 Å². The molecule has 1 aliphatic heterocycles. The number of nitrogens with zero attached hydrogens (tertiary/aromatic N) is 1. The van der Waals surface area contributed by atoms with Gasteiger partial charge in [0.15, 0.2) is 5.78 Å². The molecule has 0 saturated carbocycles. The molecule has 0 bridgehead atoms. The monoisotopic (exact) mass is 305 g/mol. The van der Waals surface area contributed by atoms with Crippen molar-refractivity contribution in [2.75, 3.05) is 0 Å².